The van der Waals surface area contributed by atoms with Crippen LogP contribution in [0, 0.1) is 10.1 Å². The normalized spacial score (nSPS) is 10.4. The van der Waals surface area contributed by atoms with Crippen LogP contribution in [-0.2, 0) is 4.74 Å². The van der Waals surface area contributed by atoms with Gasteiger partial charge in [0.05, 0.1) is 17.0 Å². The van der Waals surface area contributed by atoms with E-state index < -0.39 is 17.0 Å². The Bertz CT molecular complexity index is 718. The van der Waals surface area contributed by atoms with Crippen molar-refractivity contribution in [1.29, 1.82) is 0 Å². The highest BCUT2D eigenvalue weighted by Gasteiger charge is 2.22. The Morgan fingerprint density at radius 2 is 2.10 bits per heavy atom. The van der Waals surface area contributed by atoms with Crippen LogP contribution in [0.3, 0.4) is 0 Å². The van der Waals surface area contributed by atoms with E-state index in [1.165, 1.54) is 24.3 Å². The molecule has 0 saturated heterocycles. The van der Waals surface area contributed by atoms with E-state index in [1.54, 1.807) is 6.92 Å². The SMILES string of the molecule is CCOC(=O)c1cc2cc([N+](=O)[O-])ccc2n1C(=O)O. The van der Waals surface area contributed by atoms with Gasteiger partial charge in [-0.25, -0.2) is 14.2 Å². The van der Waals surface area contributed by atoms with Crippen molar-refractivity contribution in [3.8, 4) is 0 Å². The predicted molar refractivity (Wildman–Crippen MR) is 68.0 cm³/mol. The zero-order chi connectivity index (χ0) is 14.9. The van der Waals surface area contributed by atoms with E-state index in [-0.39, 0.29) is 28.9 Å². The minimum Gasteiger partial charge on any atom is -0.464 e. The van der Waals surface area contributed by atoms with Crippen LogP contribution in [0.2, 0.25) is 0 Å². The summed E-state index contributed by atoms with van der Waals surface area (Å²) >= 11 is 0. The number of aromatic nitrogens is 1. The number of nitro groups is 1. The summed E-state index contributed by atoms with van der Waals surface area (Å²) in [6, 6.07) is 4.92. The first-order valence-electron chi connectivity index (χ1n) is 5.66. The lowest BCUT2D eigenvalue weighted by atomic mass is 10.2. The molecule has 0 unspecified atom stereocenters. The van der Waals surface area contributed by atoms with Gasteiger partial charge in [-0.3, -0.25) is 10.1 Å². The van der Waals surface area contributed by atoms with Crippen molar-refractivity contribution in [2.75, 3.05) is 6.61 Å². The zero-order valence-electron chi connectivity index (χ0n) is 10.4. The van der Waals surface area contributed by atoms with Crippen LogP contribution >= 0.6 is 0 Å². The molecule has 8 heteroatoms. The Hall–Kier alpha value is -2.90. The molecule has 1 heterocycles. The lowest BCUT2D eigenvalue weighted by Gasteiger charge is -2.04. The lowest BCUT2D eigenvalue weighted by molar-refractivity contribution is -0.384. The molecule has 0 atom stereocenters. The molecular formula is C12H10N2O6. The average Bonchev–Trinajstić information content (AvgIpc) is 2.77. The zero-order valence-corrected chi connectivity index (χ0v) is 10.4. The van der Waals surface area contributed by atoms with Gasteiger partial charge >= 0.3 is 12.1 Å². The number of ether oxygens (including phenoxy) is 1. The number of nitro benzene ring substituents is 1. The monoisotopic (exact) mass is 278 g/mol. The number of hydrogen-bond donors (Lipinski definition) is 1. The summed E-state index contributed by atoms with van der Waals surface area (Å²) in [4.78, 5) is 33.1. The van der Waals surface area contributed by atoms with Gasteiger partial charge in [0.2, 0.25) is 0 Å². The van der Waals surface area contributed by atoms with Gasteiger partial charge in [-0.05, 0) is 19.1 Å². The number of esters is 1. The summed E-state index contributed by atoms with van der Waals surface area (Å²) in [6.45, 7) is 1.69. The molecule has 8 nitrogen and oxygen atoms in total. The number of rotatable bonds is 3. The molecule has 0 saturated carbocycles. The molecule has 0 aliphatic carbocycles. The molecule has 2 aromatic rings. The van der Waals surface area contributed by atoms with Crippen molar-refractivity contribution < 1.29 is 24.4 Å². The quantitative estimate of drug-likeness (QED) is 0.523. The fourth-order valence-corrected chi connectivity index (χ4v) is 1.88. The van der Waals surface area contributed by atoms with Crippen molar-refractivity contribution >= 4 is 28.7 Å². The molecule has 1 aromatic heterocycles. The first-order chi connectivity index (χ1) is 9.45. The second-order valence-electron chi connectivity index (χ2n) is 3.87. The highest BCUT2D eigenvalue weighted by molar-refractivity contribution is 6.01. The predicted octanol–water partition coefficient (Wildman–Crippen LogP) is 2.25. The van der Waals surface area contributed by atoms with Crippen molar-refractivity contribution in [3.05, 3.63) is 40.1 Å². The Morgan fingerprint density at radius 1 is 1.40 bits per heavy atom. The third-order valence-electron chi connectivity index (χ3n) is 2.67. The van der Waals surface area contributed by atoms with Crippen molar-refractivity contribution in [2.45, 2.75) is 6.92 Å². The highest BCUT2D eigenvalue weighted by Crippen LogP contribution is 2.25. The third-order valence-corrected chi connectivity index (χ3v) is 2.67. The molecule has 0 spiro atoms. The minimum atomic E-state index is -1.36. The summed E-state index contributed by atoms with van der Waals surface area (Å²) in [5.41, 5.74) is -0.184. The van der Waals surface area contributed by atoms with Crippen LogP contribution in [0.4, 0.5) is 10.5 Å². The minimum absolute atomic E-state index is 0.0973. The van der Waals surface area contributed by atoms with E-state index >= 15 is 0 Å². The van der Waals surface area contributed by atoms with E-state index in [0.717, 1.165) is 4.57 Å². The van der Waals surface area contributed by atoms with Crippen molar-refractivity contribution in [2.24, 2.45) is 0 Å². The summed E-state index contributed by atoms with van der Waals surface area (Å²) in [7, 11) is 0. The second-order valence-corrected chi connectivity index (χ2v) is 3.87. The molecule has 1 aromatic carbocycles. The molecule has 0 aliphatic heterocycles. The number of carbonyl (C=O) groups is 2. The van der Waals surface area contributed by atoms with E-state index in [4.69, 9.17) is 9.84 Å². The molecule has 0 amide bonds. The number of fused-ring (bicyclic) bond motifs is 1. The largest absolute Gasteiger partial charge is 0.464 e. The maximum Gasteiger partial charge on any atom is 0.416 e. The number of non-ortho nitro benzene ring substituents is 1. The topological polar surface area (TPSA) is 112 Å². The van der Waals surface area contributed by atoms with Gasteiger partial charge in [0, 0.05) is 17.5 Å². The summed E-state index contributed by atoms with van der Waals surface area (Å²) in [6.07, 6.45) is -1.36. The van der Waals surface area contributed by atoms with Crippen LogP contribution in [0.1, 0.15) is 17.4 Å². The highest BCUT2D eigenvalue weighted by atomic mass is 16.6. The molecule has 0 aliphatic rings. The molecule has 0 radical (unpaired) electrons. The van der Waals surface area contributed by atoms with Gasteiger partial charge in [0.25, 0.3) is 5.69 Å². The van der Waals surface area contributed by atoms with Gasteiger partial charge in [-0.2, -0.15) is 0 Å². The van der Waals surface area contributed by atoms with Gasteiger partial charge in [0.1, 0.15) is 5.69 Å². The number of carbonyl (C=O) groups excluding carboxylic acids is 1. The van der Waals surface area contributed by atoms with E-state index in [0.29, 0.717) is 0 Å². The standard InChI is InChI=1S/C12H10N2O6/c1-2-20-11(15)10-6-7-5-8(14(18)19)3-4-9(7)13(10)12(16)17/h3-6H,2H2,1H3,(H,16,17). The number of nitrogens with zero attached hydrogens (tertiary/aromatic N) is 2. The maximum atomic E-state index is 11.7. The van der Waals surface area contributed by atoms with Crippen LogP contribution < -0.4 is 0 Å². The molecule has 0 fully saturated rings. The molecule has 2 rings (SSSR count). The van der Waals surface area contributed by atoms with Gasteiger partial charge in [-0.1, -0.05) is 0 Å². The van der Waals surface area contributed by atoms with Crippen LogP contribution in [0.25, 0.3) is 10.9 Å². The summed E-state index contributed by atoms with van der Waals surface area (Å²) in [5, 5.41) is 20.1. The number of hydrogen-bond acceptors (Lipinski definition) is 5. The third kappa shape index (κ3) is 2.18. The fourth-order valence-electron chi connectivity index (χ4n) is 1.88. The number of benzene rings is 1. The average molecular weight is 278 g/mol. The first-order valence-corrected chi connectivity index (χ1v) is 5.66. The van der Waals surface area contributed by atoms with Gasteiger partial charge < -0.3 is 9.84 Å². The maximum absolute atomic E-state index is 11.7. The van der Waals surface area contributed by atoms with E-state index in [9.17, 15) is 19.7 Å². The fraction of sp³-hybridized carbons (Fsp3) is 0.167. The van der Waals surface area contributed by atoms with E-state index in [2.05, 4.69) is 0 Å². The lowest BCUT2D eigenvalue weighted by Crippen LogP contribution is -2.17. The summed E-state index contributed by atoms with van der Waals surface area (Å²) < 4.78 is 5.52. The molecule has 20 heavy (non-hydrogen) atoms. The van der Waals surface area contributed by atoms with Crippen molar-refractivity contribution in [1.82, 2.24) is 4.57 Å². The van der Waals surface area contributed by atoms with Crippen LogP contribution in [-0.4, -0.2) is 33.3 Å². The number of carboxylic acid groups (broad SMARTS) is 1. The van der Waals surface area contributed by atoms with Crippen LogP contribution in [0.5, 0.6) is 0 Å². The summed E-state index contributed by atoms with van der Waals surface area (Å²) in [5.74, 6) is -0.797. The Balaban J connectivity index is 2.68. The molecule has 1 N–H and O–H groups in total. The van der Waals surface area contributed by atoms with Crippen LogP contribution in [0.15, 0.2) is 24.3 Å². The Labute approximate surface area is 112 Å². The molecule has 0 bridgehead atoms. The Morgan fingerprint density at radius 3 is 2.65 bits per heavy atom. The van der Waals surface area contributed by atoms with E-state index in [1.807, 2.05) is 0 Å². The first kappa shape index (κ1) is 13.5. The van der Waals surface area contributed by atoms with Gasteiger partial charge in [0.15, 0.2) is 0 Å². The Kier molecular flexibility index (Phi) is 3.38. The molecular weight excluding hydrogens is 268 g/mol. The molecule has 104 valence electrons. The van der Waals surface area contributed by atoms with Crippen molar-refractivity contribution in [3.63, 3.8) is 0 Å². The second kappa shape index (κ2) is 5.00. The smallest absolute Gasteiger partial charge is 0.416 e. The van der Waals surface area contributed by atoms with Gasteiger partial charge in [-0.15, -0.1) is 0 Å².